The number of carbonyl (C=O) groups excluding carboxylic acids is 2. The van der Waals surface area contributed by atoms with Crippen molar-refractivity contribution in [3.05, 3.63) is 12.2 Å². The van der Waals surface area contributed by atoms with Gasteiger partial charge in [-0.2, -0.15) is 0 Å². The maximum Gasteiger partial charge on any atom is 0.472 e. The van der Waals surface area contributed by atoms with Crippen LogP contribution in [0.5, 0.6) is 0 Å². The number of phosphoric ester groups is 1. The third-order valence-electron chi connectivity index (χ3n) is 10.2. The molecule has 0 spiro atoms. The molecule has 2 atom stereocenters. The minimum Gasteiger partial charge on any atom is -0.462 e. The van der Waals surface area contributed by atoms with Crippen LogP contribution < -0.4 is 5.73 Å². The van der Waals surface area contributed by atoms with Crippen LogP contribution in [-0.4, -0.2) is 49.3 Å². The molecule has 0 amide bonds. The molecule has 55 heavy (non-hydrogen) atoms. The lowest BCUT2D eigenvalue weighted by atomic mass is 10.0. The molecule has 0 aromatic rings. The van der Waals surface area contributed by atoms with Gasteiger partial charge < -0.3 is 20.1 Å². The summed E-state index contributed by atoms with van der Waals surface area (Å²) in [5, 5.41) is 0. The Kier molecular flexibility index (Phi) is 41.4. The van der Waals surface area contributed by atoms with Gasteiger partial charge in [-0.15, -0.1) is 0 Å². The highest BCUT2D eigenvalue weighted by Gasteiger charge is 2.26. The first-order valence-electron chi connectivity index (χ1n) is 23.2. The summed E-state index contributed by atoms with van der Waals surface area (Å²) in [6.07, 6.45) is 43.8. The van der Waals surface area contributed by atoms with E-state index in [1.807, 2.05) is 0 Å². The van der Waals surface area contributed by atoms with Gasteiger partial charge in [0.15, 0.2) is 6.10 Å². The Bertz CT molecular complexity index is 917. The number of ether oxygens (including phenoxy) is 2. The number of carbonyl (C=O) groups is 2. The molecule has 0 bridgehead atoms. The van der Waals surface area contributed by atoms with Crippen molar-refractivity contribution in [1.29, 1.82) is 0 Å². The van der Waals surface area contributed by atoms with Crippen LogP contribution >= 0.6 is 7.82 Å². The van der Waals surface area contributed by atoms with Crippen molar-refractivity contribution in [1.82, 2.24) is 0 Å². The first kappa shape index (κ1) is 53.8. The highest BCUT2D eigenvalue weighted by atomic mass is 31.2. The first-order valence-corrected chi connectivity index (χ1v) is 24.7. The molecule has 0 aliphatic heterocycles. The summed E-state index contributed by atoms with van der Waals surface area (Å²) in [4.78, 5) is 34.9. The van der Waals surface area contributed by atoms with E-state index < -0.39 is 26.5 Å². The standard InChI is InChI=1S/C45H88NO8P/c1-3-5-7-9-11-13-15-17-19-20-21-22-24-25-27-29-31-33-35-37-44(47)51-41-43(42-53-55(49,50)52-40-39-46)54-45(48)38-36-34-32-30-28-26-23-18-16-14-12-10-8-6-4-2/h18,23,43H,3-17,19-22,24-42,46H2,1-2H3,(H,49,50)/b23-18+/t43-/m1/s1. The largest absolute Gasteiger partial charge is 0.472 e. The Morgan fingerprint density at radius 1 is 0.527 bits per heavy atom. The van der Waals surface area contributed by atoms with Gasteiger partial charge in [0.25, 0.3) is 0 Å². The number of unbranched alkanes of at least 4 members (excludes halogenated alkanes) is 29. The Morgan fingerprint density at radius 3 is 1.29 bits per heavy atom. The van der Waals surface area contributed by atoms with Crippen LogP contribution in [0.4, 0.5) is 0 Å². The molecule has 0 aromatic heterocycles. The average molecular weight is 802 g/mol. The number of hydrogen-bond acceptors (Lipinski definition) is 8. The molecule has 3 N–H and O–H groups in total. The molecule has 326 valence electrons. The van der Waals surface area contributed by atoms with Crippen molar-refractivity contribution in [3.63, 3.8) is 0 Å². The summed E-state index contributed by atoms with van der Waals surface area (Å²) in [5.74, 6) is -0.825. The van der Waals surface area contributed by atoms with Crippen molar-refractivity contribution < 1.29 is 37.6 Å². The molecule has 0 aromatic carbocycles. The van der Waals surface area contributed by atoms with Gasteiger partial charge in [-0.25, -0.2) is 4.57 Å². The molecule has 0 saturated heterocycles. The van der Waals surface area contributed by atoms with E-state index in [2.05, 4.69) is 26.0 Å². The van der Waals surface area contributed by atoms with Crippen LogP contribution in [0.3, 0.4) is 0 Å². The lowest BCUT2D eigenvalue weighted by Gasteiger charge is -2.19. The van der Waals surface area contributed by atoms with Crippen LogP contribution in [0.25, 0.3) is 0 Å². The minimum atomic E-state index is -4.37. The Morgan fingerprint density at radius 2 is 0.891 bits per heavy atom. The van der Waals surface area contributed by atoms with Gasteiger partial charge in [-0.05, 0) is 38.5 Å². The van der Waals surface area contributed by atoms with Crippen molar-refractivity contribution >= 4 is 19.8 Å². The number of hydrogen-bond donors (Lipinski definition) is 2. The second-order valence-electron chi connectivity index (χ2n) is 15.6. The second kappa shape index (κ2) is 42.4. The van der Waals surface area contributed by atoms with Gasteiger partial charge >= 0.3 is 19.8 Å². The Hall–Kier alpha value is -1.25. The van der Waals surface area contributed by atoms with Crippen molar-refractivity contribution in [3.8, 4) is 0 Å². The van der Waals surface area contributed by atoms with E-state index in [4.69, 9.17) is 24.3 Å². The summed E-state index contributed by atoms with van der Waals surface area (Å²) in [5.41, 5.74) is 5.35. The third-order valence-corrected chi connectivity index (χ3v) is 11.1. The van der Waals surface area contributed by atoms with Crippen LogP contribution in [0.1, 0.15) is 232 Å². The van der Waals surface area contributed by atoms with E-state index in [-0.39, 0.29) is 38.6 Å². The fraction of sp³-hybridized carbons (Fsp3) is 0.911. The number of rotatable bonds is 44. The van der Waals surface area contributed by atoms with Crippen LogP contribution in [-0.2, 0) is 32.7 Å². The van der Waals surface area contributed by atoms with Crippen molar-refractivity contribution in [2.24, 2.45) is 5.73 Å². The Balaban J connectivity index is 4.07. The van der Waals surface area contributed by atoms with Gasteiger partial charge in [0.1, 0.15) is 6.61 Å². The maximum atomic E-state index is 12.6. The zero-order chi connectivity index (χ0) is 40.3. The second-order valence-corrected chi connectivity index (χ2v) is 17.1. The zero-order valence-corrected chi connectivity index (χ0v) is 36.8. The fourth-order valence-electron chi connectivity index (χ4n) is 6.69. The predicted octanol–water partition coefficient (Wildman–Crippen LogP) is 13.4. The first-order chi connectivity index (χ1) is 26.8. The van der Waals surface area contributed by atoms with Crippen molar-refractivity contribution in [2.75, 3.05) is 26.4 Å². The summed E-state index contributed by atoms with van der Waals surface area (Å²) >= 11 is 0. The van der Waals surface area contributed by atoms with Gasteiger partial charge in [-0.1, -0.05) is 193 Å². The zero-order valence-electron chi connectivity index (χ0n) is 35.9. The summed E-state index contributed by atoms with van der Waals surface area (Å²) in [7, 11) is -4.37. The molecule has 0 aliphatic carbocycles. The lowest BCUT2D eigenvalue weighted by Crippen LogP contribution is -2.29. The monoisotopic (exact) mass is 802 g/mol. The number of phosphoric acid groups is 1. The third kappa shape index (κ3) is 42.2. The topological polar surface area (TPSA) is 134 Å². The number of allylic oxidation sites excluding steroid dienone is 2. The van der Waals surface area contributed by atoms with E-state index in [0.717, 1.165) is 51.4 Å². The molecule has 0 heterocycles. The van der Waals surface area contributed by atoms with Crippen LogP contribution in [0.15, 0.2) is 12.2 Å². The smallest absolute Gasteiger partial charge is 0.462 e. The van der Waals surface area contributed by atoms with Crippen LogP contribution in [0.2, 0.25) is 0 Å². The van der Waals surface area contributed by atoms with E-state index in [0.29, 0.717) is 6.42 Å². The van der Waals surface area contributed by atoms with E-state index in [9.17, 15) is 19.0 Å². The predicted molar refractivity (Wildman–Crippen MR) is 229 cm³/mol. The van der Waals surface area contributed by atoms with Gasteiger partial charge in [-0.3, -0.25) is 18.6 Å². The maximum absolute atomic E-state index is 12.6. The summed E-state index contributed by atoms with van der Waals surface area (Å²) in [6, 6.07) is 0. The fourth-order valence-corrected chi connectivity index (χ4v) is 7.45. The highest BCUT2D eigenvalue weighted by Crippen LogP contribution is 2.43. The quantitative estimate of drug-likeness (QED) is 0.0267. The lowest BCUT2D eigenvalue weighted by molar-refractivity contribution is -0.161. The molecule has 0 fully saturated rings. The minimum absolute atomic E-state index is 0.0549. The van der Waals surface area contributed by atoms with Gasteiger partial charge in [0.05, 0.1) is 13.2 Å². The van der Waals surface area contributed by atoms with Gasteiger partial charge in [0, 0.05) is 19.4 Å². The summed E-state index contributed by atoms with van der Waals surface area (Å²) < 4.78 is 32.8. The number of esters is 2. The molecule has 9 nitrogen and oxygen atoms in total. The van der Waals surface area contributed by atoms with E-state index >= 15 is 0 Å². The normalized spacial score (nSPS) is 13.3. The van der Waals surface area contributed by atoms with Gasteiger partial charge in [0.2, 0.25) is 0 Å². The van der Waals surface area contributed by atoms with E-state index in [1.165, 1.54) is 148 Å². The van der Waals surface area contributed by atoms with E-state index in [1.54, 1.807) is 0 Å². The molecule has 10 heteroatoms. The van der Waals surface area contributed by atoms with Crippen molar-refractivity contribution in [2.45, 2.75) is 238 Å². The molecule has 0 aliphatic rings. The highest BCUT2D eigenvalue weighted by molar-refractivity contribution is 7.47. The SMILES string of the molecule is CCCCCCCC/C=C/CCCCCCCC(=O)O[C@H](COC(=O)CCCCCCCCCCCCCCCCCCCCC)COP(=O)(O)OCCN. The Labute approximate surface area is 339 Å². The molecule has 0 radical (unpaired) electrons. The number of nitrogens with two attached hydrogens (primary N) is 1. The molecular formula is C45H88NO8P. The molecule has 0 saturated carbocycles. The average Bonchev–Trinajstić information content (AvgIpc) is 3.17. The molecular weight excluding hydrogens is 713 g/mol. The van der Waals surface area contributed by atoms with Crippen LogP contribution in [0, 0.1) is 0 Å². The summed E-state index contributed by atoms with van der Waals surface area (Å²) in [6.45, 7) is 3.76. The molecule has 1 unspecified atom stereocenters. The molecule has 0 rings (SSSR count).